The maximum absolute atomic E-state index is 11.9. The molecule has 3 aromatic rings. The summed E-state index contributed by atoms with van der Waals surface area (Å²) in [6.45, 7) is 0.396. The van der Waals surface area contributed by atoms with Crippen LogP contribution in [0.2, 0.25) is 5.02 Å². The van der Waals surface area contributed by atoms with E-state index in [1.54, 1.807) is 12.3 Å². The van der Waals surface area contributed by atoms with Gasteiger partial charge in [-0.05, 0) is 41.3 Å². The molecule has 1 aromatic heterocycles. The monoisotopic (exact) mass is 370 g/mol. The molecule has 1 amide bonds. The summed E-state index contributed by atoms with van der Waals surface area (Å²) in [7, 11) is 0. The maximum atomic E-state index is 11.9. The summed E-state index contributed by atoms with van der Waals surface area (Å²) in [6, 6.07) is 18.6. The Morgan fingerprint density at radius 1 is 1.16 bits per heavy atom. The zero-order chi connectivity index (χ0) is 17.5. The number of carbonyl (C=O) groups is 1. The highest BCUT2D eigenvalue weighted by molar-refractivity contribution is 7.12. The van der Waals surface area contributed by atoms with Crippen molar-refractivity contribution in [1.29, 1.82) is 0 Å². The third kappa shape index (κ3) is 4.92. The van der Waals surface area contributed by atoms with Gasteiger partial charge in [0.1, 0.15) is 12.4 Å². The third-order valence-electron chi connectivity index (χ3n) is 3.32. The van der Waals surface area contributed by atoms with Gasteiger partial charge in [-0.3, -0.25) is 4.79 Å². The Morgan fingerprint density at radius 2 is 2.04 bits per heavy atom. The van der Waals surface area contributed by atoms with Gasteiger partial charge in [-0.25, -0.2) is 5.43 Å². The lowest BCUT2D eigenvalue weighted by Gasteiger charge is -2.09. The number of benzene rings is 2. The molecular weight excluding hydrogens is 356 g/mol. The van der Waals surface area contributed by atoms with Gasteiger partial charge in [0, 0.05) is 10.6 Å². The largest absolute Gasteiger partial charge is 0.488 e. The van der Waals surface area contributed by atoms with Crippen LogP contribution in [-0.2, 0) is 6.61 Å². The molecule has 25 heavy (non-hydrogen) atoms. The molecule has 0 aliphatic rings. The molecule has 0 radical (unpaired) electrons. The van der Waals surface area contributed by atoms with Crippen molar-refractivity contribution < 1.29 is 9.53 Å². The Hall–Kier alpha value is -2.63. The number of carbonyl (C=O) groups excluding carboxylic acids is 1. The quantitative estimate of drug-likeness (QED) is 0.503. The number of nitrogens with one attached hydrogen (secondary N) is 1. The first-order valence-electron chi connectivity index (χ1n) is 7.55. The number of thiophene rings is 1. The number of ether oxygens (including phenoxy) is 1. The van der Waals surface area contributed by atoms with Gasteiger partial charge in [0.2, 0.25) is 0 Å². The van der Waals surface area contributed by atoms with E-state index < -0.39 is 0 Å². The number of hydrazone groups is 1. The van der Waals surface area contributed by atoms with Gasteiger partial charge in [-0.15, -0.1) is 11.3 Å². The summed E-state index contributed by atoms with van der Waals surface area (Å²) in [4.78, 5) is 12.5. The fourth-order valence-corrected chi connectivity index (χ4v) is 2.96. The van der Waals surface area contributed by atoms with Crippen molar-refractivity contribution in [3.8, 4) is 5.75 Å². The van der Waals surface area contributed by atoms with Crippen LogP contribution >= 0.6 is 22.9 Å². The number of nitrogens with zero attached hydrogens (tertiary/aromatic N) is 1. The van der Waals surface area contributed by atoms with Crippen LogP contribution in [0.5, 0.6) is 5.75 Å². The average Bonchev–Trinajstić information content (AvgIpc) is 3.16. The van der Waals surface area contributed by atoms with E-state index in [1.807, 2.05) is 60.0 Å². The lowest BCUT2D eigenvalue weighted by Crippen LogP contribution is -2.16. The first-order chi connectivity index (χ1) is 12.2. The summed E-state index contributed by atoms with van der Waals surface area (Å²) in [5, 5.41) is 6.53. The summed E-state index contributed by atoms with van der Waals surface area (Å²) >= 11 is 7.35. The molecule has 0 aliphatic heterocycles. The second-order valence-corrected chi connectivity index (χ2v) is 6.52. The van der Waals surface area contributed by atoms with Crippen molar-refractivity contribution in [3.63, 3.8) is 0 Å². The minimum atomic E-state index is -0.233. The van der Waals surface area contributed by atoms with Crippen molar-refractivity contribution in [3.05, 3.63) is 87.1 Å². The molecule has 0 bridgehead atoms. The predicted molar refractivity (Wildman–Crippen MR) is 102 cm³/mol. The van der Waals surface area contributed by atoms with E-state index in [9.17, 15) is 4.79 Å². The van der Waals surface area contributed by atoms with E-state index in [1.165, 1.54) is 11.3 Å². The molecule has 1 N–H and O–H groups in total. The van der Waals surface area contributed by atoms with Gasteiger partial charge >= 0.3 is 0 Å². The van der Waals surface area contributed by atoms with Gasteiger partial charge in [-0.2, -0.15) is 5.10 Å². The number of halogens is 1. The standard InChI is InChI=1S/C19H15ClN2O2S/c20-16-7-3-5-14(11-16)13-24-17-8-2-1-6-15(17)12-21-22-19(23)18-9-4-10-25-18/h1-12H,13H2,(H,22,23)/b21-12-. The van der Waals surface area contributed by atoms with Crippen molar-refractivity contribution in [2.24, 2.45) is 5.10 Å². The van der Waals surface area contributed by atoms with Crippen LogP contribution in [0.15, 0.2) is 71.1 Å². The second-order valence-electron chi connectivity index (χ2n) is 5.13. The summed E-state index contributed by atoms with van der Waals surface area (Å²) < 4.78 is 5.85. The lowest BCUT2D eigenvalue weighted by atomic mass is 10.2. The molecule has 126 valence electrons. The molecule has 4 nitrogen and oxygen atoms in total. The summed E-state index contributed by atoms with van der Waals surface area (Å²) in [5.74, 6) is 0.445. The van der Waals surface area contributed by atoms with Crippen molar-refractivity contribution in [2.75, 3.05) is 0 Å². The molecule has 0 saturated carbocycles. The molecule has 2 aromatic carbocycles. The van der Waals surface area contributed by atoms with E-state index in [4.69, 9.17) is 16.3 Å². The highest BCUT2D eigenvalue weighted by atomic mass is 35.5. The van der Waals surface area contributed by atoms with Gasteiger partial charge in [0.25, 0.3) is 5.91 Å². The molecular formula is C19H15ClN2O2S. The first-order valence-corrected chi connectivity index (χ1v) is 8.81. The fraction of sp³-hybridized carbons (Fsp3) is 0.0526. The molecule has 0 atom stereocenters. The lowest BCUT2D eigenvalue weighted by molar-refractivity contribution is 0.0959. The van der Waals surface area contributed by atoms with E-state index in [0.717, 1.165) is 11.1 Å². The van der Waals surface area contributed by atoms with E-state index in [-0.39, 0.29) is 5.91 Å². The second kappa shape index (κ2) is 8.46. The smallest absolute Gasteiger partial charge is 0.281 e. The maximum Gasteiger partial charge on any atom is 0.281 e. The van der Waals surface area contributed by atoms with Crippen LogP contribution in [0.3, 0.4) is 0 Å². The Balaban J connectivity index is 1.64. The molecule has 1 heterocycles. The number of hydrogen-bond donors (Lipinski definition) is 1. The van der Waals surface area contributed by atoms with Gasteiger partial charge in [0.15, 0.2) is 0 Å². The van der Waals surface area contributed by atoms with Crippen LogP contribution in [0.25, 0.3) is 0 Å². The highest BCUT2D eigenvalue weighted by Gasteiger charge is 2.05. The Kier molecular flexibility index (Phi) is 5.82. The topological polar surface area (TPSA) is 50.7 Å². The van der Waals surface area contributed by atoms with Crippen molar-refractivity contribution >= 4 is 35.1 Å². The number of amides is 1. The van der Waals surface area contributed by atoms with Crippen molar-refractivity contribution in [1.82, 2.24) is 5.43 Å². The van der Waals surface area contributed by atoms with Crippen LogP contribution in [0, 0.1) is 0 Å². The molecule has 0 spiro atoms. The molecule has 3 rings (SSSR count). The zero-order valence-corrected chi connectivity index (χ0v) is 14.8. The molecule has 0 unspecified atom stereocenters. The van der Waals surface area contributed by atoms with E-state index in [2.05, 4.69) is 10.5 Å². The van der Waals surface area contributed by atoms with Crippen LogP contribution in [0.4, 0.5) is 0 Å². The number of para-hydroxylation sites is 1. The summed E-state index contributed by atoms with van der Waals surface area (Å²) in [5.41, 5.74) is 4.26. The minimum Gasteiger partial charge on any atom is -0.488 e. The highest BCUT2D eigenvalue weighted by Crippen LogP contribution is 2.19. The van der Waals surface area contributed by atoms with Crippen LogP contribution in [-0.4, -0.2) is 12.1 Å². The Bertz CT molecular complexity index is 879. The Labute approximate surface area is 154 Å². The third-order valence-corrected chi connectivity index (χ3v) is 4.42. The van der Waals surface area contributed by atoms with Crippen LogP contribution in [0.1, 0.15) is 20.8 Å². The fourth-order valence-electron chi connectivity index (χ4n) is 2.13. The minimum absolute atomic E-state index is 0.233. The normalized spacial score (nSPS) is 10.8. The van der Waals surface area contributed by atoms with Gasteiger partial charge < -0.3 is 4.74 Å². The van der Waals surface area contributed by atoms with E-state index >= 15 is 0 Å². The summed E-state index contributed by atoms with van der Waals surface area (Å²) in [6.07, 6.45) is 1.57. The first kappa shape index (κ1) is 17.2. The Morgan fingerprint density at radius 3 is 2.84 bits per heavy atom. The van der Waals surface area contributed by atoms with E-state index in [0.29, 0.717) is 22.3 Å². The van der Waals surface area contributed by atoms with Gasteiger partial charge in [0.05, 0.1) is 11.1 Å². The van der Waals surface area contributed by atoms with Gasteiger partial charge in [-0.1, -0.05) is 41.9 Å². The van der Waals surface area contributed by atoms with Crippen LogP contribution < -0.4 is 10.2 Å². The molecule has 6 heteroatoms. The number of hydrogen-bond acceptors (Lipinski definition) is 4. The molecule has 0 fully saturated rings. The zero-order valence-electron chi connectivity index (χ0n) is 13.2. The molecule has 0 saturated heterocycles. The predicted octanol–water partition coefficient (Wildman–Crippen LogP) is 4.74. The average molecular weight is 371 g/mol. The number of rotatable bonds is 6. The SMILES string of the molecule is O=C(N/N=C\c1ccccc1OCc1cccc(Cl)c1)c1cccs1. The molecule has 0 aliphatic carbocycles. The van der Waals surface area contributed by atoms with Crippen molar-refractivity contribution in [2.45, 2.75) is 6.61 Å².